The topological polar surface area (TPSA) is 75.4 Å². The fourth-order valence-corrected chi connectivity index (χ4v) is 2.69. The van der Waals surface area contributed by atoms with Gasteiger partial charge in [0.15, 0.2) is 5.69 Å². The lowest BCUT2D eigenvalue weighted by atomic mass is 9.96. The van der Waals surface area contributed by atoms with E-state index in [4.69, 9.17) is 9.63 Å². The Bertz CT molecular complexity index is 697. The van der Waals surface area contributed by atoms with Crippen LogP contribution in [0.2, 0.25) is 0 Å². The van der Waals surface area contributed by atoms with E-state index in [2.05, 4.69) is 10.5 Å². The lowest BCUT2D eigenvalue weighted by Gasteiger charge is -2.10. The van der Waals surface area contributed by atoms with Crippen LogP contribution in [0.1, 0.15) is 45.8 Å². The van der Waals surface area contributed by atoms with E-state index in [0.29, 0.717) is 5.69 Å². The van der Waals surface area contributed by atoms with Gasteiger partial charge in [-0.05, 0) is 37.0 Å². The van der Waals surface area contributed by atoms with Crippen molar-refractivity contribution in [1.29, 1.82) is 0 Å². The molecule has 1 aliphatic rings. The van der Waals surface area contributed by atoms with E-state index in [0.717, 1.165) is 42.6 Å². The molecule has 1 aromatic carbocycles. The number of nitrogens with zero attached hydrogens (tertiary/aromatic N) is 1. The fraction of sp³-hybridized carbons (Fsp3) is 0.375. The van der Waals surface area contributed by atoms with E-state index in [1.54, 1.807) is 6.07 Å². The summed E-state index contributed by atoms with van der Waals surface area (Å²) in [6.45, 7) is -0.127. The smallest absolute Gasteiger partial charge is 0.274 e. The molecule has 0 saturated carbocycles. The molecule has 0 saturated heterocycles. The van der Waals surface area contributed by atoms with Gasteiger partial charge < -0.3 is 14.9 Å². The van der Waals surface area contributed by atoms with Gasteiger partial charge in [-0.25, -0.2) is 4.39 Å². The van der Waals surface area contributed by atoms with Crippen LogP contribution in [0.25, 0.3) is 0 Å². The summed E-state index contributed by atoms with van der Waals surface area (Å²) in [5.74, 6) is 0.0608. The standard InChI is InChI=1S/C16H17FN2O3/c17-13-6-5-10(7-11(13)9-20)8-18-16(21)15-12-3-1-2-4-14(12)22-19-15/h5-7,20H,1-4,8-9H2,(H,18,21). The molecule has 0 radical (unpaired) electrons. The first kappa shape index (κ1) is 14.7. The minimum Gasteiger partial charge on any atom is -0.392 e. The lowest BCUT2D eigenvalue weighted by molar-refractivity contribution is 0.0941. The second-order valence-electron chi connectivity index (χ2n) is 5.41. The van der Waals surface area contributed by atoms with Gasteiger partial charge in [0.05, 0.1) is 6.61 Å². The molecule has 1 amide bonds. The highest BCUT2D eigenvalue weighted by Crippen LogP contribution is 2.24. The average molecular weight is 304 g/mol. The molecule has 1 heterocycles. The Morgan fingerprint density at radius 1 is 1.36 bits per heavy atom. The number of hydrogen-bond donors (Lipinski definition) is 2. The number of aryl methyl sites for hydroxylation is 1. The molecule has 2 N–H and O–H groups in total. The molecule has 116 valence electrons. The molecule has 3 rings (SSSR count). The largest absolute Gasteiger partial charge is 0.392 e. The van der Waals surface area contributed by atoms with Crippen LogP contribution in [0.4, 0.5) is 4.39 Å². The van der Waals surface area contributed by atoms with E-state index in [1.807, 2.05) is 0 Å². The maximum Gasteiger partial charge on any atom is 0.274 e. The van der Waals surface area contributed by atoms with Gasteiger partial charge in [-0.15, -0.1) is 0 Å². The van der Waals surface area contributed by atoms with E-state index < -0.39 is 5.82 Å². The molecule has 1 aliphatic carbocycles. The second kappa shape index (κ2) is 6.27. The zero-order valence-corrected chi connectivity index (χ0v) is 12.1. The molecule has 5 nitrogen and oxygen atoms in total. The summed E-state index contributed by atoms with van der Waals surface area (Å²) >= 11 is 0. The fourth-order valence-electron chi connectivity index (χ4n) is 2.69. The van der Waals surface area contributed by atoms with Gasteiger partial charge in [0.1, 0.15) is 11.6 Å². The minimum absolute atomic E-state index is 0.213. The van der Waals surface area contributed by atoms with Crippen LogP contribution in [-0.4, -0.2) is 16.2 Å². The van der Waals surface area contributed by atoms with Crippen LogP contribution in [0.3, 0.4) is 0 Å². The van der Waals surface area contributed by atoms with Gasteiger partial charge in [-0.1, -0.05) is 11.2 Å². The molecule has 0 aliphatic heterocycles. The van der Waals surface area contributed by atoms with Crippen molar-refractivity contribution in [2.24, 2.45) is 0 Å². The molecule has 1 aromatic heterocycles. The highest BCUT2D eigenvalue weighted by molar-refractivity contribution is 5.93. The number of nitrogens with one attached hydrogen (secondary N) is 1. The van der Waals surface area contributed by atoms with Crippen LogP contribution in [0, 0.1) is 5.82 Å². The SMILES string of the molecule is O=C(NCc1ccc(F)c(CO)c1)c1noc2c1CCCC2. The summed E-state index contributed by atoms with van der Waals surface area (Å²) in [6.07, 6.45) is 3.73. The Balaban J connectivity index is 1.69. The van der Waals surface area contributed by atoms with Crippen molar-refractivity contribution in [2.45, 2.75) is 38.8 Å². The van der Waals surface area contributed by atoms with Gasteiger partial charge in [-0.3, -0.25) is 4.79 Å². The van der Waals surface area contributed by atoms with Gasteiger partial charge in [0.25, 0.3) is 5.91 Å². The van der Waals surface area contributed by atoms with Crippen LogP contribution in [-0.2, 0) is 26.0 Å². The van der Waals surface area contributed by atoms with E-state index in [-0.39, 0.29) is 24.6 Å². The zero-order valence-electron chi connectivity index (χ0n) is 12.1. The number of rotatable bonds is 4. The Labute approximate surface area is 127 Å². The van der Waals surface area contributed by atoms with Crippen molar-refractivity contribution in [2.75, 3.05) is 0 Å². The van der Waals surface area contributed by atoms with Crippen molar-refractivity contribution < 1.29 is 18.8 Å². The number of benzene rings is 1. The Morgan fingerprint density at radius 2 is 2.18 bits per heavy atom. The van der Waals surface area contributed by atoms with Crippen molar-refractivity contribution in [3.8, 4) is 0 Å². The Hall–Kier alpha value is -2.21. The molecular formula is C16H17FN2O3. The number of fused-ring (bicyclic) bond motifs is 1. The first-order valence-corrected chi connectivity index (χ1v) is 7.33. The third-order valence-electron chi connectivity index (χ3n) is 3.90. The summed E-state index contributed by atoms with van der Waals surface area (Å²) in [5, 5.41) is 15.7. The van der Waals surface area contributed by atoms with Crippen molar-refractivity contribution in [3.63, 3.8) is 0 Å². The molecule has 22 heavy (non-hydrogen) atoms. The number of aromatic nitrogens is 1. The van der Waals surface area contributed by atoms with Gasteiger partial charge >= 0.3 is 0 Å². The minimum atomic E-state index is -0.455. The van der Waals surface area contributed by atoms with Crippen molar-refractivity contribution in [3.05, 3.63) is 52.2 Å². The summed E-state index contributed by atoms with van der Waals surface area (Å²) in [6, 6.07) is 4.39. The number of aliphatic hydroxyl groups is 1. The molecule has 2 aromatic rings. The van der Waals surface area contributed by atoms with Crippen molar-refractivity contribution >= 4 is 5.91 Å². The van der Waals surface area contributed by atoms with E-state index in [9.17, 15) is 9.18 Å². The van der Waals surface area contributed by atoms with Crippen LogP contribution in [0.15, 0.2) is 22.7 Å². The molecule has 0 fully saturated rings. The maximum absolute atomic E-state index is 13.3. The zero-order chi connectivity index (χ0) is 15.5. The Kier molecular flexibility index (Phi) is 4.20. The normalized spacial score (nSPS) is 13.7. The summed E-state index contributed by atoms with van der Waals surface area (Å²) in [7, 11) is 0. The second-order valence-corrected chi connectivity index (χ2v) is 5.41. The lowest BCUT2D eigenvalue weighted by Crippen LogP contribution is -2.24. The molecule has 0 bridgehead atoms. The third kappa shape index (κ3) is 2.87. The number of carbonyl (C=O) groups is 1. The molecular weight excluding hydrogens is 287 g/mol. The number of halogens is 1. The number of amides is 1. The highest BCUT2D eigenvalue weighted by Gasteiger charge is 2.23. The van der Waals surface area contributed by atoms with E-state index >= 15 is 0 Å². The average Bonchev–Trinajstić information content (AvgIpc) is 2.98. The highest BCUT2D eigenvalue weighted by atomic mass is 19.1. The third-order valence-corrected chi connectivity index (χ3v) is 3.90. The van der Waals surface area contributed by atoms with Gasteiger partial charge in [0.2, 0.25) is 0 Å². The van der Waals surface area contributed by atoms with Crippen LogP contribution < -0.4 is 5.32 Å². The molecule has 0 atom stereocenters. The predicted molar refractivity (Wildman–Crippen MR) is 76.6 cm³/mol. The maximum atomic E-state index is 13.3. The monoisotopic (exact) mass is 304 g/mol. The van der Waals surface area contributed by atoms with Crippen LogP contribution >= 0.6 is 0 Å². The first-order chi connectivity index (χ1) is 10.7. The van der Waals surface area contributed by atoms with Crippen molar-refractivity contribution in [1.82, 2.24) is 10.5 Å². The summed E-state index contributed by atoms with van der Waals surface area (Å²) in [5.41, 5.74) is 2.18. The molecule has 0 unspecified atom stereocenters. The molecule has 6 heteroatoms. The first-order valence-electron chi connectivity index (χ1n) is 7.33. The number of hydrogen-bond acceptors (Lipinski definition) is 4. The van der Waals surface area contributed by atoms with Crippen LogP contribution in [0.5, 0.6) is 0 Å². The van der Waals surface area contributed by atoms with Gasteiger partial charge in [0, 0.05) is 24.1 Å². The van der Waals surface area contributed by atoms with E-state index in [1.165, 1.54) is 12.1 Å². The Morgan fingerprint density at radius 3 is 3.00 bits per heavy atom. The summed E-state index contributed by atoms with van der Waals surface area (Å²) in [4.78, 5) is 12.2. The predicted octanol–water partition coefficient (Wildman–Crippen LogP) is 2.11. The summed E-state index contributed by atoms with van der Waals surface area (Å²) < 4.78 is 18.5. The number of carbonyl (C=O) groups excluding carboxylic acids is 1. The van der Waals surface area contributed by atoms with Gasteiger partial charge in [-0.2, -0.15) is 0 Å². The molecule has 0 spiro atoms. The quantitative estimate of drug-likeness (QED) is 0.907. The number of aliphatic hydroxyl groups excluding tert-OH is 1.